The van der Waals surface area contributed by atoms with Gasteiger partial charge in [0.15, 0.2) is 5.13 Å². The Labute approximate surface area is 270 Å². The third-order valence-corrected chi connectivity index (χ3v) is 9.86. The average Bonchev–Trinajstić information content (AvgIpc) is 3.52. The van der Waals surface area contributed by atoms with Gasteiger partial charge in [0.25, 0.3) is 0 Å². The van der Waals surface area contributed by atoms with Crippen molar-refractivity contribution in [3.63, 3.8) is 0 Å². The van der Waals surface area contributed by atoms with E-state index in [0.717, 1.165) is 39.9 Å². The number of nitrogens with zero attached hydrogens (tertiary/aromatic N) is 4. The lowest BCUT2D eigenvalue weighted by Crippen LogP contribution is -2.51. The second-order valence-corrected chi connectivity index (χ2v) is 13.0. The molecule has 2 aliphatic heterocycles. The first-order valence-corrected chi connectivity index (χ1v) is 16.8. The standard InChI is InChI=1S/C32H37Cl2F3N4O2S/c33-27-11-6-23(20-28(27)34)21-39-17-12-25(13-18-39)41(30(42)32(35,36)37)16-4-5-19-43-26-9-7-24(8-10-26)29-22-44-31(38-29)40-14-2-1-3-15-40/h6-11,20,22,25H,1-5,12-19,21H2. The first-order valence-electron chi connectivity index (χ1n) is 15.1. The molecule has 2 fully saturated rings. The number of carbonyl (C=O) groups is 1. The maximum absolute atomic E-state index is 13.5. The number of rotatable bonds is 11. The molecule has 0 radical (unpaired) electrons. The van der Waals surface area contributed by atoms with Crippen molar-refractivity contribution in [2.45, 2.75) is 63.7 Å². The van der Waals surface area contributed by atoms with Crippen LogP contribution in [0, 0.1) is 0 Å². The summed E-state index contributed by atoms with van der Waals surface area (Å²) in [6.07, 6.45) is 0.698. The van der Waals surface area contributed by atoms with Crippen LogP contribution < -0.4 is 9.64 Å². The zero-order chi connectivity index (χ0) is 31.1. The molecule has 0 atom stereocenters. The maximum atomic E-state index is 13.5. The predicted octanol–water partition coefficient (Wildman–Crippen LogP) is 8.32. The summed E-state index contributed by atoms with van der Waals surface area (Å²) in [5.74, 6) is -1.07. The topological polar surface area (TPSA) is 48.9 Å². The van der Waals surface area contributed by atoms with E-state index in [2.05, 4.69) is 15.2 Å². The zero-order valence-electron chi connectivity index (χ0n) is 24.5. The molecule has 2 aliphatic rings. The van der Waals surface area contributed by atoms with Gasteiger partial charge in [-0.2, -0.15) is 13.2 Å². The Kier molecular flexibility index (Phi) is 11.3. The van der Waals surface area contributed by atoms with Crippen molar-refractivity contribution >= 4 is 45.6 Å². The highest BCUT2D eigenvalue weighted by Crippen LogP contribution is 2.31. The molecule has 3 heterocycles. The predicted molar refractivity (Wildman–Crippen MR) is 171 cm³/mol. The van der Waals surface area contributed by atoms with E-state index in [1.165, 1.54) is 19.3 Å². The molecular weight excluding hydrogens is 632 g/mol. The van der Waals surface area contributed by atoms with Crippen molar-refractivity contribution in [3.05, 3.63) is 63.5 Å². The van der Waals surface area contributed by atoms with Gasteiger partial charge in [0.1, 0.15) is 5.75 Å². The Morgan fingerprint density at radius 3 is 2.39 bits per heavy atom. The number of unbranched alkanes of at least 4 members (excludes halogenated alkanes) is 1. The van der Waals surface area contributed by atoms with Crippen LogP contribution >= 0.6 is 34.5 Å². The molecule has 2 aromatic carbocycles. The van der Waals surface area contributed by atoms with Crippen LogP contribution in [0.1, 0.15) is 50.5 Å². The summed E-state index contributed by atoms with van der Waals surface area (Å²) in [7, 11) is 0. The van der Waals surface area contributed by atoms with Gasteiger partial charge in [-0.15, -0.1) is 11.3 Å². The van der Waals surface area contributed by atoms with Gasteiger partial charge in [-0.3, -0.25) is 9.69 Å². The molecule has 0 unspecified atom stereocenters. The molecule has 0 aliphatic carbocycles. The lowest BCUT2D eigenvalue weighted by molar-refractivity contribution is -0.188. The SMILES string of the molecule is O=C(N(CCCCOc1ccc(-c2csc(N3CCCCC3)n2)cc1)C1CCN(Cc2ccc(Cl)c(Cl)c2)CC1)C(F)(F)F. The molecule has 12 heteroatoms. The van der Waals surface area contributed by atoms with E-state index >= 15 is 0 Å². The molecule has 6 nitrogen and oxygen atoms in total. The molecule has 0 spiro atoms. The summed E-state index contributed by atoms with van der Waals surface area (Å²) < 4.78 is 46.3. The third-order valence-electron chi connectivity index (χ3n) is 8.22. The van der Waals surface area contributed by atoms with Crippen LogP contribution in [0.4, 0.5) is 18.3 Å². The lowest BCUT2D eigenvalue weighted by Gasteiger charge is -2.39. The number of halogens is 5. The van der Waals surface area contributed by atoms with Gasteiger partial charge in [0.05, 0.1) is 22.3 Å². The number of alkyl halides is 3. The van der Waals surface area contributed by atoms with Crippen LogP contribution in [0.3, 0.4) is 0 Å². The van der Waals surface area contributed by atoms with Gasteiger partial charge in [-0.1, -0.05) is 29.3 Å². The monoisotopic (exact) mass is 668 g/mol. The van der Waals surface area contributed by atoms with E-state index in [9.17, 15) is 18.0 Å². The molecule has 0 saturated carbocycles. The van der Waals surface area contributed by atoms with Crippen molar-refractivity contribution in [2.24, 2.45) is 0 Å². The average molecular weight is 670 g/mol. The van der Waals surface area contributed by atoms with Crippen molar-refractivity contribution in [1.29, 1.82) is 0 Å². The van der Waals surface area contributed by atoms with Gasteiger partial charge in [0.2, 0.25) is 0 Å². The molecule has 44 heavy (non-hydrogen) atoms. The normalized spacial score (nSPS) is 16.7. The number of amides is 1. The van der Waals surface area contributed by atoms with Crippen LogP contribution in [0.2, 0.25) is 10.0 Å². The van der Waals surface area contributed by atoms with Crippen LogP contribution in [-0.2, 0) is 11.3 Å². The minimum absolute atomic E-state index is 0.0429. The summed E-state index contributed by atoms with van der Waals surface area (Å²) in [5.41, 5.74) is 2.94. The Hall–Kier alpha value is -2.53. The van der Waals surface area contributed by atoms with Crippen molar-refractivity contribution in [3.8, 4) is 17.0 Å². The number of piperidine rings is 2. The first-order chi connectivity index (χ1) is 21.2. The third kappa shape index (κ3) is 8.80. The molecule has 1 aromatic heterocycles. The second-order valence-electron chi connectivity index (χ2n) is 11.4. The van der Waals surface area contributed by atoms with Gasteiger partial charge < -0.3 is 14.5 Å². The summed E-state index contributed by atoms with van der Waals surface area (Å²) in [4.78, 5) is 22.7. The van der Waals surface area contributed by atoms with Crippen molar-refractivity contribution < 1.29 is 22.7 Å². The number of anilines is 1. The molecule has 3 aromatic rings. The number of carbonyl (C=O) groups excluding carboxylic acids is 1. The fourth-order valence-corrected chi connectivity index (χ4v) is 7.03. The Morgan fingerprint density at radius 1 is 0.977 bits per heavy atom. The van der Waals surface area contributed by atoms with E-state index in [-0.39, 0.29) is 6.54 Å². The Morgan fingerprint density at radius 2 is 1.70 bits per heavy atom. The number of hydrogen-bond donors (Lipinski definition) is 0. The summed E-state index contributed by atoms with van der Waals surface area (Å²) in [6.45, 7) is 4.31. The fraction of sp³-hybridized carbons (Fsp3) is 0.500. The number of aromatic nitrogens is 1. The summed E-state index contributed by atoms with van der Waals surface area (Å²) >= 11 is 13.8. The van der Waals surface area contributed by atoms with Crippen LogP contribution in [0.5, 0.6) is 5.75 Å². The zero-order valence-corrected chi connectivity index (χ0v) is 26.8. The highest BCUT2D eigenvalue weighted by atomic mass is 35.5. The fourth-order valence-electron chi connectivity index (χ4n) is 5.82. The molecule has 2 saturated heterocycles. The maximum Gasteiger partial charge on any atom is 0.471 e. The van der Waals surface area contributed by atoms with Crippen LogP contribution in [0.25, 0.3) is 11.3 Å². The highest BCUT2D eigenvalue weighted by Gasteiger charge is 2.44. The molecule has 0 bridgehead atoms. The first kappa shape index (κ1) is 32.9. The Balaban J connectivity index is 1.07. The lowest BCUT2D eigenvalue weighted by atomic mass is 10.0. The number of benzene rings is 2. The number of likely N-dealkylation sites (tertiary alicyclic amines) is 1. The minimum Gasteiger partial charge on any atom is -0.494 e. The van der Waals surface area contributed by atoms with Crippen LogP contribution in [-0.4, -0.2) is 72.2 Å². The molecule has 0 N–H and O–H groups in total. The summed E-state index contributed by atoms with van der Waals surface area (Å²) in [6, 6.07) is 12.7. The molecule has 1 amide bonds. The van der Waals surface area contributed by atoms with Crippen molar-refractivity contribution in [2.75, 3.05) is 44.2 Å². The number of hydrogen-bond acceptors (Lipinski definition) is 6. The van der Waals surface area contributed by atoms with E-state index in [0.29, 0.717) is 67.7 Å². The number of thiazole rings is 1. The quantitative estimate of drug-likeness (QED) is 0.192. The van der Waals surface area contributed by atoms with Gasteiger partial charge >= 0.3 is 12.1 Å². The van der Waals surface area contributed by atoms with E-state index < -0.39 is 18.1 Å². The van der Waals surface area contributed by atoms with E-state index in [1.807, 2.05) is 30.3 Å². The molecule has 238 valence electrons. The van der Waals surface area contributed by atoms with E-state index in [1.54, 1.807) is 23.5 Å². The minimum atomic E-state index is -4.90. The largest absolute Gasteiger partial charge is 0.494 e. The molecular formula is C32H37Cl2F3N4O2S. The van der Waals surface area contributed by atoms with Gasteiger partial charge in [0, 0.05) is 56.3 Å². The molecule has 5 rings (SSSR count). The Bertz CT molecular complexity index is 1370. The van der Waals surface area contributed by atoms with Gasteiger partial charge in [-0.05, 0) is 86.9 Å². The van der Waals surface area contributed by atoms with E-state index in [4.69, 9.17) is 32.9 Å². The number of ether oxygens (including phenoxy) is 1. The smallest absolute Gasteiger partial charge is 0.471 e. The van der Waals surface area contributed by atoms with Gasteiger partial charge in [-0.25, -0.2) is 4.98 Å². The second kappa shape index (κ2) is 15.2. The summed E-state index contributed by atoms with van der Waals surface area (Å²) in [5, 5.41) is 4.09. The van der Waals surface area contributed by atoms with Crippen molar-refractivity contribution in [1.82, 2.24) is 14.8 Å². The highest BCUT2D eigenvalue weighted by molar-refractivity contribution is 7.14. The van der Waals surface area contributed by atoms with Crippen LogP contribution in [0.15, 0.2) is 47.8 Å².